The third-order valence-electron chi connectivity index (χ3n) is 15.5. The Bertz CT molecular complexity index is 3690. The molecule has 0 atom stereocenters. The Balaban J connectivity index is 1.38. The summed E-state index contributed by atoms with van der Waals surface area (Å²) in [7, 11) is 0. The highest BCUT2D eigenvalue weighted by Crippen LogP contribution is 2.51. The minimum atomic E-state index is 0.895. The van der Waals surface area contributed by atoms with Crippen molar-refractivity contribution in [2.24, 2.45) is 0 Å². The number of aromatic nitrogens is 4. The zero-order valence-electron chi connectivity index (χ0n) is 43.0. The average Bonchev–Trinajstić information content (AvgIpc) is 4.30. The van der Waals surface area contributed by atoms with Crippen LogP contribution in [0.2, 0.25) is 0 Å². The second kappa shape index (κ2) is 19.3. The molecule has 0 amide bonds. The number of nitrogens with one attached hydrogen (secondary N) is 2. The summed E-state index contributed by atoms with van der Waals surface area (Å²) in [5, 5.41) is 0. The van der Waals surface area contributed by atoms with Crippen LogP contribution in [0.25, 0.3) is 88.9 Å². The number of H-pyrrole nitrogens is 2. The predicted molar refractivity (Wildman–Crippen MR) is 317 cm³/mol. The monoisotopic (exact) mass is 974 g/mol. The summed E-state index contributed by atoms with van der Waals surface area (Å²) in [4.78, 5) is 20.8. The molecule has 0 saturated carbocycles. The maximum absolute atomic E-state index is 6.15. The van der Waals surface area contributed by atoms with E-state index < -0.39 is 0 Å². The Morgan fingerprint density at radius 2 is 0.368 bits per heavy atom. The van der Waals surface area contributed by atoms with Crippen molar-refractivity contribution in [3.63, 3.8) is 0 Å². The molecule has 0 spiro atoms. The summed E-state index contributed by atoms with van der Waals surface area (Å²) in [6.07, 6.45) is 0. The van der Waals surface area contributed by atoms with Gasteiger partial charge in [0.25, 0.3) is 0 Å². The first kappa shape index (κ1) is 46.2. The van der Waals surface area contributed by atoms with Gasteiger partial charge < -0.3 is 9.97 Å². The molecule has 4 nitrogen and oxygen atoms in total. The normalized spacial score (nSPS) is 12.4. The molecule has 8 bridgehead atoms. The number of nitrogens with zero attached hydrogens (tertiary/aromatic N) is 2. The molecule has 0 aliphatic carbocycles. The molecule has 76 heavy (non-hydrogen) atoms. The number of rotatable bonds is 8. The maximum atomic E-state index is 6.15. The molecule has 0 fully saturated rings. The van der Waals surface area contributed by atoms with Gasteiger partial charge in [-0.05, 0) is 94.5 Å². The zero-order valence-corrected chi connectivity index (χ0v) is 43.0. The van der Waals surface area contributed by atoms with Gasteiger partial charge in [0.2, 0.25) is 0 Å². The van der Waals surface area contributed by atoms with E-state index in [2.05, 4.69) is 280 Å². The van der Waals surface area contributed by atoms with Gasteiger partial charge in [-0.15, -0.1) is 0 Å². The van der Waals surface area contributed by atoms with Crippen molar-refractivity contribution in [1.82, 2.24) is 19.9 Å². The van der Waals surface area contributed by atoms with Gasteiger partial charge >= 0.3 is 0 Å². The Labute approximate surface area is 444 Å². The number of aromatic amines is 2. The van der Waals surface area contributed by atoms with Crippen LogP contribution in [0.15, 0.2) is 243 Å². The van der Waals surface area contributed by atoms with Crippen molar-refractivity contribution in [1.29, 1.82) is 0 Å². The van der Waals surface area contributed by atoms with Crippen LogP contribution in [0.5, 0.6) is 0 Å². The molecule has 362 valence electrons. The van der Waals surface area contributed by atoms with E-state index in [4.69, 9.17) is 9.97 Å². The molecule has 11 aromatic rings. The second-order valence-electron chi connectivity index (χ2n) is 19.8. The maximum Gasteiger partial charge on any atom is 0.0822 e. The fraction of sp³-hybridized carbons (Fsp3) is 0.0556. The van der Waals surface area contributed by atoms with E-state index in [-0.39, 0.29) is 0 Å². The molecule has 0 saturated heterocycles. The topological polar surface area (TPSA) is 57.4 Å². The zero-order chi connectivity index (χ0) is 51.3. The summed E-state index contributed by atoms with van der Waals surface area (Å²) in [6.45, 7) is 9.06. The SMILES string of the molecule is Cc1c(C)c2[nH]c1c(-c1ccccc1)c1nc(c(-c3ccccc3)c3[nH]c(c(C)c3C)c(-c3ccccc3)c3nc(c2-c2ccccc2)C(c2ccccc2)=C3c2ccccc2)C(c2ccccc2)=C1c1ccccc1. The lowest BCUT2D eigenvalue weighted by Gasteiger charge is -2.14. The van der Waals surface area contributed by atoms with E-state index in [9.17, 15) is 0 Å². The Hall–Kier alpha value is -9.64. The quantitative estimate of drug-likeness (QED) is 0.159. The minimum Gasteiger partial charge on any atom is -0.354 e. The van der Waals surface area contributed by atoms with E-state index in [1.165, 1.54) is 0 Å². The summed E-state index contributed by atoms with van der Waals surface area (Å²) in [6, 6.07) is 86.8. The Morgan fingerprint density at radius 1 is 0.211 bits per heavy atom. The van der Waals surface area contributed by atoms with Crippen molar-refractivity contribution >= 4 is 44.4 Å². The van der Waals surface area contributed by atoms with Gasteiger partial charge in [-0.1, -0.05) is 243 Å². The van der Waals surface area contributed by atoms with Crippen LogP contribution in [0, 0.1) is 27.7 Å². The summed E-state index contributed by atoms with van der Waals surface area (Å²) in [5.74, 6) is 0. The Kier molecular flexibility index (Phi) is 11.7. The second-order valence-corrected chi connectivity index (χ2v) is 19.8. The van der Waals surface area contributed by atoms with Gasteiger partial charge in [0.05, 0.1) is 44.8 Å². The number of hydrogen-bond donors (Lipinski definition) is 2. The molecule has 2 aliphatic heterocycles. The van der Waals surface area contributed by atoms with Crippen molar-refractivity contribution in [3.05, 3.63) is 310 Å². The van der Waals surface area contributed by atoms with E-state index in [1.54, 1.807) is 0 Å². The average molecular weight is 975 g/mol. The van der Waals surface area contributed by atoms with E-state index >= 15 is 0 Å². The molecule has 3 aromatic heterocycles. The predicted octanol–water partition coefficient (Wildman–Crippen LogP) is 18.2. The third kappa shape index (κ3) is 7.77. The van der Waals surface area contributed by atoms with Crippen molar-refractivity contribution in [3.8, 4) is 44.5 Å². The molecule has 0 radical (unpaired) electrons. The van der Waals surface area contributed by atoms with Crippen LogP contribution in [0.3, 0.4) is 0 Å². The molecule has 8 aromatic carbocycles. The molecule has 2 aliphatic rings. The van der Waals surface area contributed by atoms with E-state index in [1.807, 2.05) is 0 Å². The lowest BCUT2D eigenvalue weighted by Crippen LogP contribution is -1.95. The molecule has 0 unspecified atom stereocenters. The van der Waals surface area contributed by atoms with Crippen molar-refractivity contribution in [2.45, 2.75) is 27.7 Å². The largest absolute Gasteiger partial charge is 0.354 e. The van der Waals surface area contributed by atoms with Crippen LogP contribution in [-0.2, 0) is 0 Å². The standard InChI is InChI=1S/C72H54N4/c1-45-46(2)66-62(54-39-23-10-24-40-54)70-59(51-33-17-7-18-34-51)60(52-35-19-8-20-36-52)72(76-70)64(56-43-27-12-28-44-56)68-48(4)47(3)67(74-68)63(55-41-25-11-26-42-55)71-58(50-31-15-6-16-32-50)57(49-29-13-5-14-30-49)69(75-71)61(65(45)73-66)53-37-21-9-22-38-53/h5-44,73-74H,1-4H3. The molecule has 13 rings (SSSR count). The van der Waals surface area contributed by atoms with E-state index in [0.717, 1.165) is 156 Å². The fourth-order valence-corrected chi connectivity index (χ4v) is 11.6. The van der Waals surface area contributed by atoms with Gasteiger partial charge in [-0.25, -0.2) is 9.97 Å². The molecular weight excluding hydrogens is 921 g/mol. The highest BCUT2D eigenvalue weighted by Gasteiger charge is 2.34. The molecule has 4 heteroatoms. The number of hydrogen-bond acceptors (Lipinski definition) is 2. The van der Waals surface area contributed by atoms with Crippen molar-refractivity contribution < 1.29 is 0 Å². The first-order valence-electron chi connectivity index (χ1n) is 26.2. The lowest BCUT2D eigenvalue weighted by molar-refractivity contribution is 1.29. The number of fused-ring (bicyclic) bond motifs is 8. The number of benzene rings is 8. The first-order valence-corrected chi connectivity index (χ1v) is 26.2. The van der Waals surface area contributed by atoms with Gasteiger partial charge in [0.1, 0.15) is 0 Å². The van der Waals surface area contributed by atoms with Crippen LogP contribution >= 0.6 is 0 Å². The van der Waals surface area contributed by atoms with Gasteiger partial charge in [-0.3, -0.25) is 0 Å². The van der Waals surface area contributed by atoms with Gasteiger partial charge in [0, 0.05) is 44.5 Å². The third-order valence-corrected chi connectivity index (χ3v) is 15.5. The van der Waals surface area contributed by atoms with Crippen LogP contribution in [0.4, 0.5) is 0 Å². The fourth-order valence-electron chi connectivity index (χ4n) is 11.6. The summed E-state index contributed by atoms with van der Waals surface area (Å²) < 4.78 is 0. The highest BCUT2D eigenvalue weighted by molar-refractivity contribution is 6.16. The van der Waals surface area contributed by atoms with Crippen LogP contribution < -0.4 is 0 Å². The van der Waals surface area contributed by atoms with Crippen LogP contribution in [0.1, 0.15) is 67.3 Å². The highest BCUT2D eigenvalue weighted by atomic mass is 14.8. The smallest absolute Gasteiger partial charge is 0.0822 e. The van der Waals surface area contributed by atoms with Gasteiger partial charge in [0.15, 0.2) is 0 Å². The number of aryl methyl sites for hydroxylation is 4. The van der Waals surface area contributed by atoms with Crippen molar-refractivity contribution in [2.75, 3.05) is 0 Å². The Morgan fingerprint density at radius 3 is 0.539 bits per heavy atom. The summed E-state index contributed by atoms with van der Waals surface area (Å²) in [5.41, 5.74) is 29.1. The van der Waals surface area contributed by atoms with E-state index in [0.29, 0.717) is 0 Å². The summed E-state index contributed by atoms with van der Waals surface area (Å²) >= 11 is 0. The molecule has 2 N–H and O–H groups in total. The first-order chi connectivity index (χ1) is 37.4. The van der Waals surface area contributed by atoms with Gasteiger partial charge in [-0.2, -0.15) is 0 Å². The molecular formula is C72H54N4. The minimum absolute atomic E-state index is 0.895. The van der Waals surface area contributed by atoms with Crippen LogP contribution in [-0.4, -0.2) is 19.9 Å². The lowest BCUT2D eigenvalue weighted by atomic mass is 9.87. The molecule has 5 heterocycles.